The van der Waals surface area contributed by atoms with Crippen molar-refractivity contribution in [3.8, 4) is 0 Å². The molecule has 1 aliphatic heterocycles. The van der Waals surface area contributed by atoms with Crippen LogP contribution in [0, 0.1) is 17.8 Å². The summed E-state index contributed by atoms with van der Waals surface area (Å²) in [4.78, 5) is 0. The van der Waals surface area contributed by atoms with Crippen LogP contribution in [-0.2, 0) is 4.74 Å². The Kier molecular flexibility index (Phi) is 3.45. The second kappa shape index (κ2) is 4.63. The molecule has 0 radical (unpaired) electrons. The molecule has 2 aliphatic rings. The first-order chi connectivity index (χ1) is 6.81. The van der Waals surface area contributed by atoms with Crippen molar-refractivity contribution in [3.05, 3.63) is 0 Å². The lowest BCUT2D eigenvalue weighted by atomic mass is 9.77. The lowest BCUT2D eigenvalue weighted by Gasteiger charge is -2.32. The van der Waals surface area contributed by atoms with E-state index < -0.39 is 0 Å². The Bertz CT molecular complexity index is 175. The maximum Gasteiger partial charge on any atom is 0.0644 e. The highest BCUT2D eigenvalue weighted by molar-refractivity contribution is 4.85. The summed E-state index contributed by atoms with van der Waals surface area (Å²) in [6, 6.07) is 0. The van der Waals surface area contributed by atoms with Crippen LogP contribution in [0.1, 0.15) is 39.0 Å². The lowest BCUT2D eigenvalue weighted by Crippen LogP contribution is -2.33. The third-order valence-electron chi connectivity index (χ3n) is 4.09. The highest BCUT2D eigenvalue weighted by Gasteiger charge is 2.35. The Labute approximate surface area is 87.2 Å². The van der Waals surface area contributed by atoms with E-state index in [2.05, 4.69) is 6.92 Å². The van der Waals surface area contributed by atoms with Crippen LogP contribution in [0.4, 0.5) is 0 Å². The summed E-state index contributed by atoms with van der Waals surface area (Å²) < 4.78 is 5.85. The summed E-state index contributed by atoms with van der Waals surface area (Å²) in [7, 11) is 0. The third-order valence-corrected chi connectivity index (χ3v) is 4.09. The minimum atomic E-state index is 0.493. The number of hydrogen-bond acceptors (Lipinski definition) is 2. The van der Waals surface area contributed by atoms with E-state index in [4.69, 9.17) is 10.5 Å². The number of nitrogens with two attached hydrogens (primary N) is 1. The average Bonchev–Trinajstić information content (AvgIpc) is 2.67. The molecule has 1 saturated carbocycles. The van der Waals surface area contributed by atoms with Crippen LogP contribution < -0.4 is 5.73 Å². The molecule has 1 heterocycles. The van der Waals surface area contributed by atoms with Gasteiger partial charge in [0.15, 0.2) is 0 Å². The second-order valence-corrected chi connectivity index (χ2v) is 5.14. The fourth-order valence-corrected chi connectivity index (χ4v) is 3.04. The van der Waals surface area contributed by atoms with Crippen molar-refractivity contribution in [2.45, 2.75) is 45.1 Å². The molecule has 2 nitrogen and oxygen atoms in total. The van der Waals surface area contributed by atoms with Crippen LogP contribution in [-0.4, -0.2) is 19.3 Å². The molecule has 0 aromatic heterocycles. The van der Waals surface area contributed by atoms with E-state index in [0.29, 0.717) is 12.0 Å². The maximum absolute atomic E-state index is 5.85. The molecule has 0 aromatic rings. The van der Waals surface area contributed by atoms with Gasteiger partial charge in [-0.05, 0) is 43.6 Å². The standard InChI is InChI=1S/C12H23NO/c1-9-2-4-10(5-3-9)12-11(8-13)6-7-14-12/h9-12H,2-8,13H2,1H3. The third kappa shape index (κ3) is 2.12. The minimum absolute atomic E-state index is 0.493. The van der Waals surface area contributed by atoms with Crippen molar-refractivity contribution < 1.29 is 4.74 Å². The van der Waals surface area contributed by atoms with Crippen LogP contribution in [0.15, 0.2) is 0 Å². The van der Waals surface area contributed by atoms with Crippen LogP contribution in [0.3, 0.4) is 0 Å². The topological polar surface area (TPSA) is 35.2 Å². The van der Waals surface area contributed by atoms with Gasteiger partial charge in [-0.1, -0.05) is 19.8 Å². The average molecular weight is 197 g/mol. The molecule has 2 heteroatoms. The van der Waals surface area contributed by atoms with E-state index in [1.807, 2.05) is 0 Å². The van der Waals surface area contributed by atoms with Gasteiger partial charge in [-0.3, -0.25) is 0 Å². The molecule has 1 saturated heterocycles. The molecule has 2 unspecified atom stereocenters. The molecule has 2 rings (SSSR count). The van der Waals surface area contributed by atoms with Crippen molar-refractivity contribution in [3.63, 3.8) is 0 Å². The highest BCUT2D eigenvalue weighted by Crippen LogP contribution is 2.37. The van der Waals surface area contributed by atoms with E-state index in [-0.39, 0.29) is 0 Å². The smallest absolute Gasteiger partial charge is 0.0644 e. The van der Waals surface area contributed by atoms with Gasteiger partial charge in [0.2, 0.25) is 0 Å². The first kappa shape index (κ1) is 10.4. The lowest BCUT2D eigenvalue weighted by molar-refractivity contribution is 0.0231. The summed E-state index contributed by atoms with van der Waals surface area (Å²) in [5, 5.41) is 0. The first-order valence-corrected chi connectivity index (χ1v) is 6.13. The minimum Gasteiger partial charge on any atom is -0.378 e. The van der Waals surface area contributed by atoms with Gasteiger partial charge in [-0.25, -0.2) is 0 Å². The molecule has 2 fully saturated rings. The van der Waals surface area contributed by atoms with Gasteiger partial charge >= 0.3 is 0 Å². The molecule has 0 amide bonds. The molecule has 0 bridgehead atoms. The molecular weight excluding hydrogens is 174 g/mol. The summed E-state index contributed by atoms with van der Waals surface area (Å²) in [6.07, 6.45) is 7.19. The monoisotopic (exact) mass is 197 g/mol. The Morgan fingerprint density at radius 2 is 1.86 bits per heavy atom. The predicted octanol–water partition coefficient (Wildman–Crippen LogP) is 2.18. The Balaban J connectivity index is 1.88. The van der Waals surface area contributed by atoms with E-state index in [1.54, 1.807) is 0 Å². The van der Waals surface area contributed by atoms with Crippen molar-refractivity contribution in [2.24, 2.45) is 23.5 Å². The Morgan fingerprint density at radius 1 is 1.14 bits per heavy atom. The van der Waals surface area contributed by atoms with Gasteiger partial charge in [-0.15, -0.1) is 0 Å². The first-order valence-electron chi connectivity index (χ1n) is 6.13. The summed E-state index contributed by atoms with van der Waals surface area (Å²) in [5.74, 6) is 2.39. The Morgan fingerprint density at radius 3 is 2.50 bits per heavy atom. The van der Waals surface area contributed by atoms with Crippen molar-refractivity contribution in [1.29, 1.82) is 0 Å². The normalized spacial score (nSPS) is 44.1. The SMILES string of the molecule is CC1CCC(C2OCCC2CN)CC1. The number of rotatable bonds is 2. The van der Waals surface area contributed by atoms with E-state index in [1.165, 1.54) is 32.1 Å². The van der Waals surface area contributed by atoms with Crippen LogP contribution >= 0.6 is 0 Å². The zero-order valence-corrected chi connectivity index (χ0v) is 9.24. The van der Waals surface area contributed by atoms with E-state index >= 15 is 0 Å². The predicted molar refractivity (Wildman–Crippen MR) is 58.0 cm³/mol. The molecule has 2 atom stereocenters. The van der Waals surface area contributed by atoms with Gasteiger partial charge < -0.3 is 10.5 Å². The van der Waals surface area contributed by atoms with Gasteiger partial charge in [-0.2, -0.15) is 0 Å². The largest absolute Gasteiger partial charge is 0.378 e. The molecule has 0 spiro atoms. The van der Waals surface area contributed by atoms with Gasteiger partial charge in [0, 0.05) is 6.61 Å². The molecule has 2 N–H and O–H groups in total. The zero-order valence-electron chi connectivity index (χ0n) is 9.24. The molecule has 1 aliphatic carbocycles. The van der Waals surface area contributed by atoms with Gasteiger partial charge in [0.1, 0.15) is 0 Å². The molecule has 0 aromatic carbocycles. The number of hydrogen-bond donors (Lipinski definition) is 1. The fourth-order valence-electron chi connectivity index (χ4n) is 3.04. The van der Waals surface area contributed by atoms with Crippen molar-refractivity contribution in [2.75, 3.05) is 13.2 Å². The maximum atomic E-state index is 5.85. The number of ether oxygens (including phenoxy) is 1. The Hall–Kier alpha value is -0.0800. The zero-order chi connectivity index (χ0) is 9.97. The van der Waals surface area contributed by atoms with Crippen LogP contribution in [0.5, 0.6) is 0 Å². The molecular formula is C12H23NO. The van der Waals surface area contributed by atoms with Gasteiger partial charge in [0.25, 0.3) is 0 Å². The van der Waals surface area contributed by atoms with Crippen molar-refractivity contribution >= 4 is 0 Å². The summed E-state index contributed by atoms with van der Waals surface area (Å²) in [6.45, 7) is 4.13. The fraction of sp³-hybridized carbons (Fsp3) is 1.00. The van der Waals surface area contributed by atoms with Crippen molar-refractivity contribution in [1.82, 2.24) is 0 Å². The molecule has 14 heavy (non-hydrogen) atoms. The van der Waals surface area contributed by atoms with Crippen LogP contribution in [0.2, 0.25) is 0 Å². The second-order valence-electron chi connectivity index (χ2n) is 5.14. The summed E-state index contributed by atoms with van der Waals surface area (Å²) in [5.41, 5.74) is 5.78. The highest BCUT2D eigenvalue weighted by atomic mass is 16.5. The van der Waals surface area contributed by atoms with E-state index in [0.717, 1.165) is 25.0 Å². The van der Waals surface area contributed by atoms with Gasteiger partial charge in [0.05, 0.1) is 6.10 Å². The van der Waals surface area contributed by atoms with E-state index in [9.17, 15) is 0 Å². The molecule has 82 valence electrons. The summed E-state index contributed by atoms with van der Waals surface area (Å²) >= 11 is 0. The van der Waals surface area contributed by atoms with Crippen LogP contribution in [0.25, 0.3) is 0 Å². The quantitative estimate of drug-likeness (QED) is 0.736.